The van der Waals surface area contributed by atoms with Crippen LogP contribution in [0.4, 0.5) is 13.2 Å². The van der Waals surface area contributed by atoms with Gasteiger partial charge in [-0.1, -0.05) is 15.9 Å². The van der Waals surface area contributed by atoms with E-state index < -0.39 is 26.2 Å². The molecule has 18 heavy (non-hydrogen) atoms. The Morgan fingerprint density at radius 2 is 1.83 bits per heavy atom. The van der Waals surface area contributed by atoms with Gasteiger partial charge in [0.15, 0.2) is 0 Å². The van der Waals surface area contributed by atoms with Crippen LogP contribution in [0.2, 0.25) is 0 Å². The lowest BCUT2D eigenvalue weighted by atomic mass is 10.4. The molecule has 1 unspecified atom stereocenters. The fraction of sp³-hybridized carbons (Fsp3) is 0.222. The Labute approximate surface area is 118 Å². The van der Waals surface area contributed by atoms with Crippen molar-refractivity contribution >= 4 is 41.7 Å². The van der Waals surface area contributed by atoms with Crippen LogP contribution in [0.25, 0.3) is 0 Å². The number of hydrogen-bond donors (Lipinski definition) is 0. The second-order valence-electron chi connectivity index (χ2n) is 3.17. The van der Waals surface area contributed by atoms with E-state index in [9.17, 15) is 21.6 Å². The summed E-state index contributed by atoms with van der Waals surface area (Å²) in [5.74, 6) is 0. The van der Waals surface area contributed by atoms with Gasteiger partial charge in [0.2, 0.25) is 15.1 Å². The Balaban J connectivity index is 3.48. The van der Waals surface area contributed by atoms with E-state index in [1.165, 1.54) is 12.1 Å². The first kappa shape index (κ1) is 15.5. The van der Waals surface area contributed by atoms with Crippen molar-refractivity contribution in [1.82, 2.24) is 0 Å². The molecule has 98 valence electrons. The minimum absolute atomic E-state index is 0.0322. The number of benzene rings is 1. The first-order chi connectivity index (χ1) is 8.10. The number of rotatable bonds is 2. The fourth-order valence-corrected chi connectivity index (χ4v) is 3.95. The van der Waals surface area contributed by atoms with E-state index in [0.717, 1.165) is 12.1 Å². The molecule has 0 aliphatic rings. The number of halogens is 5. The Bertz CT molecular complexity index is 607. The zero-order valence-electron chi connectivity index (χ0n) is 8.37. The van der Waals surface area contributed by atoms with E-state index in [0.29, 0.717) is 4.47 Å². The summed E-state index contributed by atoms with van der Waals surface area (Å²) in [7, 11) is -4.82. The standard InChI is InChI=1S/C9H4Br2F3NO2S/c10-5-1-2-6(11)7(3-5)18(16,17)8(4-15)9(12,13)14/h1-3,8H. The van der Waals surface area contributed by atoms with Crippen molar-refractivity contribution < 1.29 is 21.6 Å². The smallest absolute Gasteiger partial charge is 0.222 e. The van der Waals surface area contributed by atoms with Gasteiger partial charge in [-0.3, -0.25) is 0 Å². The summed E-state index contributed by atoms with van der Waals surface area (Å²) in [6, 6.07) is 4.52. The summed E-state index contributed by atoms with van der Waals surface area (Å²) >= 11 is 5.81. The van der Waals surface area contributed by atoms with Gasteiger partial charge >= 0.3 is 6.18 Å². The SMILES string of the molecule is N#CC(C(F)(F)F)S(=O)(=O)c1cc(Br)ccc1Br. The molecule has 0 aliphatic heterocycles. The lowest BCUT2D eigenvalue weighted by Crippen LogP contribution is -2.35. The summed E-state index contributed by atoms with van der Waals surface area (Å²) in [5.41, 5.74) is 0. The van der Waals surface area contributed by atoms with Crippen LogP contribution in [0.1, 0.15) is 0 Å². The summed E-state index contributed by atoms with van der Waals surface area (Å²) in [6.45, 7) is 0. The first-order valence-electron chi connectivity index (χ1n) is 4.26. The van der Waals surface area contributed by atoms with Gasteiger partial charge in [-0.2, -0.15) is 18.4 Å². The van der Waals surface area contributed by atoms with Gasteiger partial charge in [0.25, 0.3) is 0 Å². The zero-order chi connectivity index (χ0) is 14.1. The fourth-order valence-electron chi connectivity index (χ4n) is 1.14. The van der Waals surface area contributed by atoms with Crippen molar-refractivity contribution in [2.24, 2.45) is 0 Å². The van der Waals surface area contributed by atoms with Crippen LogP contribution < -0.4 is 0 Å². The zero-order valence-corrected chi connectivity index (χ0v) is 12.4. The number of sulfone groups is 1. The van der Waals surface area contributed by atoms with Crippen LogP contribution in [0.3, 0.4) is 0 Å². The summed E-state index contributed by atoms with van der Waals surface area (Å²) in [4.78, 5) is -0.583. The van der Waals surface area contributed by atoms with E-state index in [-0.39, 0.29) is 4.47 Å². The molecule has 1 aromatic rings. The molecule has 1 atom stereocenters. The van der Waals surface area contributed by atoms with Gasteiger partial charge in [0.1, 0.15) is 0 Å². The summed E-state index contributed by atoms with van der Waals surface area (Å²) in [5, 5.41) is 5.36. The van der Waals surface area contributed by atoms with Crippen LogP contribution >= 0.6 is 31.9 Å². The van der Waals surface area contributed by atoms with Gasteiger partial charge in [0, 0.05) is 8.95 Å². The Hall–Kier alpha value is -0.590. The van der Waals surface area contributed by atoms with Crippen molar-refractivity contribution in [2.45, 2.75) is 16.3 Å². The van der Waals surface area contributed by atoms with Crippen molar-refractivity contribution in [3.8, 4) is 6.07 Å². The highest BCUT2D eigenvalue weighted by Gasteiger charge is 2.50. The maximum atomic E-state index is 12.5. The highest BCUT2D eigenvalue weighted by molar-refractivity contribution is 9.11. The minimum atomic E-state index is -5.14. The molecule has 0 bridgehead atoms. The maximum Gasteiger partial charge on any atom is 0.418 e. The van der Waals surface area contributed by atoms with Crippen LogP contribution in [0.5, 0.6) is 0 Å². The third kappa shape index (κ3) is 3.05. The molecule has 0 spiro atoms. The van der Waals surface area contributed by atoms with Gasteiger partial charge in [0.05, 0.1) is 11.0 Å². The maximum absolute atomic E-state index is 12.5. The molecule has 0 radical (unpaired) electrons. The highest BCUT2D eigenvalue weighted by atomic mass is 79.9. The third-order valence-corrected chi connectivity index (χ3v) is 5.32. The van der Waals surface area contributed by atoms with Gasteiger partial charge in [-0.25, -0.2) is 8.42 Å². The monoisotopic (exact) mass is 405 g/mol. The second-order valence-corrected chi connectivity index (χ2v) is 6.94. The lowest BCUT2D eigenvalue weighted by Gasteiger charge is -2.15. The molecule has 0 saturated heterocycles. The lowest BCUT2D eigenvalue weighted by molar-refractivity contribution is -0.120. The molecule has 9 heteroatoms. The van der Waals surface area contributed by atoms with Gasteiger partial charge in [-0.15, -0.1) is 0 Å². The van der Waals surface area contributed by atoms with Crippen LogP contribution in [0.15, 0.2) is 32.0 Å². The van der Waals surface area contributed by atoms with E-state index in [4.69, 9.17) is 5.26 Å². The predicted octanol–water partition coefficient (Wildman–Crippen LogP) is 3.44. The molecule has 0 aromatic heterocycles. The quantitative estimate of drug-likeness (QED) is 0.755. The van der Waals surface area contributed by atoms with Gasteiger partial charge < -0.3 is 0 Å². The third-order valence-electron chi connectivity index (χ3n) is 1.92. The number of hydrogen-bond acceptors (Lipinski definition) is 3. The molecule has 1 rings (SSSR count). The topological polar surface area (TPSA) is 57.9 Å². The first-order valence-corrected chi connectivity index (χ1v) is 7.39. The van der Waals surface area contributed by atoms with Gasteiger partial charge in [-0.05, 0) is 34.1 Å². The summed E-state index contributed by atoms with van der Waals surface area (Å²) in [6.07, 6.45) is -5.14. The van der Waals surface area contributed by atoms with Crippen molar-refractivity contribution in [3.63, 3.8) is 0 Å². The van der Waals surface area contributed by atoms with Crippen molar-refractivity contribution in [3.05, 3.63) is 27.1 Å². The molecule has 0 fully saturated rings. The van der Waals surface area contributed by atoms with Crippen molar-refractivity contribution in [1.29, 1.82) is 5.26 Å². The van der Waals surface area contributed by atoms with Crippen LogP contribution in [0, 0.1) is 11.3 Å². The van der Waals surface area contributed by atoms with Crippen LogP contribution in [-0.4, -0.2) is 19.8 Å². The molecule has 3 nitrogen and oxygen atoms in total. The van der Waals surface area contributed by atoms with Crippen LogP contribution in [-0.2, 0) is 9.84 Å². The van der Waals surface area contributed by atoms with E-state index >= 15 is 0 Å². The average molecular weight is 407 g/mol. The van der Waals surface area contributed by atoms with E-state index in [2.05, 4.69) is 31.9 Å². The predicted molar refractivity (Wildman–Crippen MR) is 64.5 cm³/mol. The molecular weight excluding hydrogens is 403 g/mol. The highest BCUT2D eigenvalue weighted by Crippen LogP contribution is 2.34. The Morgan fingerprint density at radius 3 is 2.28 bits per heavy atom. The van der Waals surface area contributed by atoms with E-state index in [1.807, 2.05) is 0 Å². The average Bonchev–Trinajstić information content (AvgIpc) is 2.19. The Morgan fingerprint density at radius 1 is 1.28 bits per heavy atom. The van der Waals surface area contributed by atoms with E-state index in [1.54, 1.807) is 0 Å². The normalized spacial score (nSPS) is 14.0. The molecule has 0 saturated carbocycles. The molecule has 1 aromatic carbocycles. The number of nitrogens with zero attached hydrogens (tertiary/aromatic N) is 1. The summed E-state index contributed by atoms with van der Waals surface area (Å²) < 4.78 is 61.4. The number of alkyl halides is 3. The molecule has 0 N–H and O–H groups in total. The largest absolute Gasteiger partial charge is 0.418 e. The Kier molecular flexibility index (Phi) is 4.46. The molecular formula is C9H4Br2F3NO2S. The molecule has 0 amide bonds. The van der Waals surface area contributed by atoms with Crippen molar-refractivity contribution in [2.75, 3.05) is 0 Å². The second kappa shape index (κ2) is 5.19. The minimum Gasteiger partial charge on any atom is -0.222 e. The molecule has 0 heterocycles. The number of nitriles is 1. The molecule has 0 aliphatic carbocycles.